The second-order valence-electron chi connectivity index (χ2n) is 6.19. The van der Waals surface area contributed by atoms with Crippen molar-refractivity contribution < 1.29 is 0 Å². The summed E-state index contributed by atoms with van der Waals surface area (Å²) in [5.74, 6) is 0.693. The number of aryl methyl sites for hydroxylation is 3. The highest BCUT2D eigenvalue weighted by Crippen LogP contribution is 2.32. The summed E-state index contributed by atoms with van der Waals surface area (Å²) in [4.78, 5) is 0. The molecule has 1 aromatic rings. The SMILES string of the molecule is CCCC(C)C(NCC)c1c(CC)cc(CC)cc1CC. The van der Waals surface area contributed by atoms with Crippen molar-refractivity contribution >= 4 is 0 Å². The van der Waals surface area contributed by atoms with Crippen molar-refractivity contribution in [2.45, 2.75) is 79.7 Å². The Hall–Kier alpha value is -0.820. The van der Waals surface area contributed by atoms with Crippen molar-refractivity contribution in [3.05, 3.63) is 34.4 Å². The molecule has 1 aromatic carbocycles. The van der Waals surface area contributed by atoms with E-state index < -0.39 is 0 Å². The van der Waals surface area contributed by atoms with Crippen molar-refractivity contribution in [2.24, 2.45) is 5.92 Å². The van der Waals surface area contributed by atoms with Gasteiger partial charge in [-0.05, 0) is 60.4 Å². The Morgan fingerprint density at radius 3 is 1.86 bits per heavy atom. The molecule has 0 saturated carbocycles. The predicted octanol–water partition coefficient (Wildman–Crippen LogP) is 5.46. The molecule has 2 atom stereocenters. The van der Waals surface area contributed by atoms with E-state index in [1.165, 1.54) is 18.4 Å². The third kappa shape index (κ3) is 4.57. The topological polar surface area (TPSA) is 12.0 Å². The summed E-state index contributed by atoms with van der Waals surface area (Å²) in [6, 6.07) is 5.39. The van der Waals surface area contributed by atoms with Crippen LogP contribution >= 0.6 is 0 Å². The van der Waals surface area contributed by atoms with Gasteiger partial charge in [-0.15, -0.1) is 0 Å². The van der Waals surface area contributed by atoms with Crippen LogP contribution in [0.3, 0.4) is 0 Å². The molecule has 0 aliphatic rings. The summed E-state index contributed by atoms with van der Waals surface area (Å²) in [5, 5.41) is 3.77. The van der Waals surface area contributed by atoms with Gasteiger partial charge in [0, 0.05) is 6.04 Å². The summed E-state index contributed by atoms with van der Waals surface area (Å²) in [6.45, 7) is 14.8. The molecule has 2 unspecified atom stereocenters. The largest absolute Gasteiger partial charge is 0.310 e. The van der Waals surface area contributed by atoms with Gasteiger partial charge in [0.2, 0.25) is 0 Å². The molecule has 1 nitrogen and oxygen atoms in total. The first-order valence-electron chi connectivity index (χ1n) is 9.00. The summed E-state index contributed by atoms with van der Waals surface area (Å²) >= 11 is 0. The van der Waals surface area contributed by atoms with Crippen LogP contribution in [0, 0.1) is 5.92 Å². The molecule has 0 aliphatic heterocycles. The molecular formula is C20H35N. The van der Waals surface area contributed by atoms with Crippen molar-refractivity contribution in [3.8, 4) is 0 Å². The zero-order valence-electron chi connectivity index (χ0n) is 15.1. The maximum absolute atomic E-state index is 3.77. The van der Waals surface area contributed by atoms with Crippen LogP contribution in [-0.2, 0) is 19.3 Å². The van der Waals surface area contributed by atoms with E-state index in [1.807, 2.05) is 0 Å². The Morgan fingerprint density at radius 2 is 1.48 bits per heavy atom. The zero-order chi connectivity index (χ0) is 15.8. The van der Waals surface area contributed by atoms with Crippen molar-refractivity contribution in [1.29, 1.82) is 0 Å². The molecule has 0 heterocycles. The third-order valence-corrected chi connectivity index (χ3v) is 4.63. The van der Waals surface area contributed by atoms with E-state index in [9.17, 15) is 0 Å². The van der Waals surface area contributed by atoms with E-state index in [0.29, 0.717) is 12.0 Å². The lowest BCUT2D eigenvalue weighted by atomic mass is 9.83. The van der Waals surface area contributed by atoms with E-state index in [1.54, 1.807) is 16.7 Å². The molecule has 0 spiro atoms. The van der Waals surface area contributed by atoms with Gasteiger partial charge in [0.05, 0.1) is 0 Å². The highest BCUT2D eigenvalue weighted by molar-refractivity contribution is 5.42. The number of nitrogens with one attached hydrogen (secondary N) is 1. The van der Waals surface area contributed by atoms with Crippen LogP contribution in [0.2, 0.25) is 0 Å². The number of rotatable bonds is 9. The Bertz CT molecular complexity index is 397. The standard InChI is InChI=1S/C20H35N/c1-7-12-15(6)20(21-11-5)19-17(9-3)13-16(8-2)14-18(19)10-4/h13-15,20-21H,7-12H2,1-6H3. The van der Waals surface area contributed by atoms with Crippen LogP contribution in [-0.4, -0.2) is 6.54 Å². The monoisotopic (exact) mass is 289 g/mol. The average Bonchev–Trinajstić information content (AvgIpc) is 2.51. The molecule has 1 rings (SSSR count). The van der Waals surface area contributed by atoms with Gasteiger partial charge in [0.1, 0.15) is 0 Å². The molecule has 120 valence electrons. The van der Waals surface area contributed by atoms with Gasteiger partial charge in [0.25, 0.3) is 0 Å². The minimum Gasteiger partial charge on any atom is -0.310 e. The second kappa shape index (κ2) is 9.25. The molecule has 0 amide bonds. The van der Waals surface area contributed by atoms with Crippen molar-refractivity contribution in [3.63, 3.8) is 0 Å². The molecule has 1 N–H and O–H groups in total. The predicted molar refractivity (Wildman–Crippen MR) is 95.1 cm³/mol. The Kier molecular flexibility index (Phi) is 8.03. The summed E-state index contributed by atoms with van der Waals surface area (Å²) in [6.07, 6.45) is 5.96. The maximum Gasteiger partial charge on any atom is 0.0351 e. The van der Waals surface area contributed by atoms with E-state index >= 15 is 0 Å². The lowest BCUT2D eigenvalue weighted by Gasteiger charge is -2.30. The quantitative estimate of drug-likeness (QED) is 0.636. The molecular weight excluding hydrogens is 254 g/mol. The Balaban J connectivity index is 3.33. The van der Waals surface area contributed by atoms with Crippen molar-refractivity contribution in [1.82, 2.24) is 5.32 Å². The summed E-state index contributed by atoms with van der Waals surface area (Å²) in [5.41, 5.74) is 6.20. The molecule has 0 saturated heterocycles. The first-order valence-corrected chi connectivity index (χ1v) is 9.00. The fourth-order valence-electron chi connectivity index (χ4n) is 3.47. The van der Waals surface area contributed by atoms with E-state index in [-0.39, 0.29) is 0 Å². The fourth-order valence-corrected chi connectivity index (χ4v) is 3.47. The van der Waals surface area contributed by atoms with Gasteiger partial charge in [-0.1, -0.05) is 60.1 Å². The number of hydrogen-bond acceptors (Lipinski definition) is 1. The van der Waals surface area contributed by atoms with E-state index in [0.717, 1.165) is 25.8 Å². The van der Waals surface area contributed by atoms with Gasteiger partial charge in [0.15, 0.2) is 0 Å². The van der Waals surface area contributed by atoms with E-state index in [2.05, 4.69) is 59.0 Å². The third-order valence-electron chi connectivity index (χ3n) is 4.63. The van der Waals surface area contributed by atoms with Crippen LogP contribution in [0.4, 0.5) is 0 Å². The second-order valence-corrected chi connectivity index (χ2v) is 6.19. The molecule has 0 radical (unpaired) electrons. The Morgan fingerprint density at radius 1 is 0.905 bits per heavy atom. The first kappa shape index (κ1) is 18.2. The maximum atomic E-state index is 3.77. The number of benzene rings is 1. The zero-order valence-corrected chi connectivity index (χ0v) is 15.1. The van der Waals surface area contributed by atoms with Crippen LogP contribution in [0.1, 0.15) is 82.7 Å². The molecule has 0 aromatic heterocycles. The summed E-state index contributed by atoms with van der Waals surface area (Å²) < 4.78 is 0. The van der Waals surface area contributed by atoms with Crippen LogP contribution in [0.15, 0.2) is 12.1 Å². The van der Waals surface area contributed by atoms with Crippen LogP contribution in [0.5, 0.6) is 0 Å². The number of hydrogen-bond donors (Lipinski definition) is 1. The van der Waals surface area contributed by atoms with Crippen molar-refractivity contribution in [2.75, 3.05) is 6.54 Å². The molecule has 21 heavy (non-hydrogen) atoms. The lowest BCUT2D eigenvalue weighted by Crippen LogP contribution is -2.29. The van der Waals surface area contributed by atoms with Gasteiger partial charge in [-0.2, -0.15) is 0 Å². The summed E-state index contributed by atoms with van der Waals surface area (Å²) in [7, 11) is 0. The van der Waals surface area contributed by atoms with Crippen LogP contribution in [0.25, 0.3) is 0 Å². The molecule has 0 aliphatic carbocycles. The minimum absolute atomic E-state index is 0.505. The highest BCUT2D eigenvalue weighted by atomic mass is 14.9. The minimum atomic E-state index is 0.505. The highest BCUT2D eigenvalue weighted by Gasteiger charge is 2.23. The molecule has 0 bridgehead atoms. The van der Waals surface area contributed by atoms with Gasteiger partial charge in [-0.3, -0.25) is 0 Å². The Labute approximate surface area is 132 Å². The van der Waals surface area contributed by atoms with Gasteiger partial charge < -0.3 is 5.32 Å². The van der Waals surface area contributed by atoms with Crippen LogP contribution < -0.4 is 5.32 Å². The first-order chi connectivity index (χ1) is 10.1. The average molecular weight is 290 g/mol. The normalized spacial score (nSPS) is 14.2. The van der Waals surface area contributed by atoms with Gasteiger partial charge >= 0.3 is 0 Å². The van der Waals surface area contributed by atoms with Gasteiger partial charge in [-0.25, -0.2) is 0 Å². The molecule has 1 heteroatoms. The lowest BCUT2D eigenvalue weighted by molar-refractivity contribution is 0.365. The molecule has 0 fully saturated rings. The van der Waals surface area contributed by atoms with E-state index in [4.69, 9.17) is 0 Å². The fraction of sp³-hybridized carbons (Fsp3) is 0.700. The smallest absolute Gasteiger partial charge is 0.0351 e.